The predicted molar refractivity (Wildman–Crippen MR) is 252 cm³/mol. The van der Waals surface area contributed by atoms with Crippen molar-refractivity contribution < 1.29 is 28.6 Å². The van der Waals surface area contributed by atoms with Gasteiger partial charge in [-0.25, -0.2) is 0 Å². The van der Waals surface area contributed by atoms with Crippen LogP contribution in [0.25, 0.3) is 0 Å². The van der Waals surface area contributed by atoms with Crippen LogP contribution in [0.5, 0.6) is 0 Å². The van der Waals surface area contributed by atoms with Crippen molar-refractivity contribution in [1.29, 1.82) is 0 Å². The lowest BCUT2D eigenvalue weighted by molar-refractivity contribution is -0.167. The summed E-state index contributed by atoms with van der Waals surface area (Å²) in [4.78, 5) is 37.5. The Morgan fingerprint density at radius 1 is 0.339 bits per heavy atom. The molecule has 0 radical (unpaired) electrons. The number of carbonyl (C=O) groups excluding carboxylic acids is 3. The van der Waals surface area contributed by atoms with Gasteiger partial charge >= 0.3 is 17.9 Å². The van der Waals surface area contributed by atoms with E-state index in [0.29, 0.717) is 19.3 Å². The van der Waals surface area contributed by atoms with Crippen LogP contribution in [0.4, 0.5) is 0 Å². The normalized spacial score (nSPS) is 12.3. The third-order valence-corrected chi connectivity index (χ3v) is 11.1. The van der Waals surface area contributed by atoms with Gasteiger partial charge in [-0.05, 0) is 57.8 Å². The molecule has 0 aromatic rings. The van der Waals surface area contributed by atoms with E-state index in [-0.39, 0.29) is 31.1 Å². The summed E-state index contributed by atoms with van der Waals surface area (Å²) in [6, 6.07) is 0. The van der Waals surface area contributed by atoms with Crippen molar-refractivity contribution in [1.82, 2.24) is 0 Å². The average Bonchev–Trinajstić information content (AvgIpc) is 3.23. The summed E-state index contributed by atoms with van der Waals surface area (Å²) in [6.45, 7) is 6.54. The molecule has 0 amide bonds. The van der Waals surface area contributed by atoms with Crippen molar-refractivity contribution in [3.05, 3.63) is 36.5 Å². The molecule has 0 aliphatic rings. The first-order valence-corrected chi connectivity index (χ1v) is 25.5. The van der Waals surface area contributed by atoms with E-state index < -0.39 is 6.10 Å². The van der Waals surface area contributed by atoms with Crippen LogP contribution in [0, 0.1) is 0 Å². The summed E-state index contributed by atoms with van der Waals surface area (Å²) in [5, 5.41) is 0. The van der Waals surface area contributed by atoms with Gasteiger partial charge in [-0.15, -0.1) is 0 Å². The first-order chi connectivity index (χ1) is 29.0. The molecule has 0 saturated carbocycles. The second-order valence-electron chi connectivity index (χ2n) is 17.1. The number of hydrogen-bond acceptors (Lipinski definition) is 6. The maximum Gasteiger partial charge on any atom is 0.306 e. The molecule has 0 N–H and O–H groups in total. The molecule has 344 valence electrons. The van der Waals surface area contributed by atoms with Crippen molar-refractivity contribution in [3.8, 4) is 0 Å². The zero-order chi connectivity index (χ0) is 43.0. The molecule has 0 bridgehead atoms. The zero-order valence-electron chi connectivity index (χ0n) is 39.3. The molecular weight excluding hydrogens is 733 g/mol. The minimum atomic E-state index is -0.765. The lowest BCUT2D eigenvalue weighted by atomic mass is 10.0. The molecule has 0 heterocycles. The van der Waals surface area contributed by atoms with Gasteiger partial charge in [0.2, 0.25) is 0 Å². The summed E-state index contributed by atoms with van der Waals surface area (Å²) in [6.07, 6.45) is 56.0. The standard InChI is InChI=1S/C53H96O6/c1-4-7-10-13-15-17-19-20-21-22-23-24-25-26-27-28-29-30-31-32-34-35-37-40-43-46-52(55)58-49-50(48-57-51(54)45-42-39-12-9-6-3)59-53(56)47-44-41-38-36-33-18-16-14-11-8-5-2/h19-20,22-23,25-26,50H,4-18,21,24,27-49H2,1-3H3/b20-19-,23-22-,26-25-. The second kappa shape index (κ2) is 48.3. The molecule has 0 aromatic carbocycles. The summed E-state index contributed by atoms with van der Waals surface area (Å²) >= 11 is 0. The van der Waals surface area contributed by atoms with Gasteiger partial charge in [0.15, 0.2) is 6.10 Å². The molecule has 6 nitrogen and oxygen atoms in total. The Morgan fingerprint density at radius 2 is 0.610 bits per heavy atom. The Bertz CT molecular complexity index is 1000. The van der Waals surface area contributed by atoms with Gasteiger partial charge in [-0.2, -0.15) is 0 Å². The van der Waals surface area contributed by atoms with Crippen LogP contribution in [0.2, 0.25) is 0 Å². The number of esters is 3. The van der Waals surface area contributed by atoms with Crippen LogP contribution < -0.4 is 0 Å². The summed E-state index contributed by atoms with van der Waals surface area (Å²) in [5.74, 6) is -0.883. The van der Waals surface area contributed by atoms with Crippen molar-refractivity contribution >= 4 is 17.9 Å². The first-order valence-electron chi connectivity index (χ1n) is 25.5. The molecule has 0 spiro atoms. The molecule has 0 saturated heterocycles. The Hall–Kier alpha value is -2.37. The highest BCUT2D eigenvalue weighted by molar-refractivity contribution is 5.71. The van der Waals surface area contributed by atoms with E-state index in [1.165, 1.54) is 148 Å². The first kappa shape index (κ1) is 56.6. The second-order valence-corrected chi connectivity index (χ2v) is 17.1. The van der Waals surface area contributed by atoms with Gasteiger partial charge in [0.1, 0.15) is 13.2 Å². The van der Waals surface area contributed by atoms with Crippen LogP contribution in [-0.2, 0) is 28.6 Å². The fourth-order valence-electron chi connectivity index (χ4n) is 7.27. The number of allylic oxidation sites excluding steroid dienone is 6. The molecule has 1 atom stereocenters. The monoisotopic (exact) mass is 829 g/mol. The van der Waals surface area contributed by atoms with Gasteiger partial charge in [-0.3, -0.25) is 14.4 Å². The fraction of sp³-hybridized carbons (Fsp3) is 0.830. The van der Waals surface area contributed by atoms with E-state index in [4.69, 9.17) is 14.2 Å². The van der Waals surface area contributed by atoms with Crippen LogP contribution in [-0.4, -0.2) is 37.2 Å². The maximum atomic E-state index is 12.7. The highest BCUT2D eigenvalue weighted by atomic mass is 16.6. The minimum absolute atomic E-state index is 0.0717. The van der Waals surface area contributed by atoms with Crippen LogP contribution in [0.1, 0.15) is 265 Å². The van der Waals surface area contributed by atoms with Crippen molar-refractivity contribution in [2.45, 2.75) is 271 Å². The molecule has 0 aliphatic heterocycles. The van der Waals surface area contributed by atoms with E-state index in [1.807, 2.05) is 0 Å². The molecule has 0 aliphatic carbocycles. The maximum absolute atomic E-state index is 12.7. The van der Waals surface area contributed by atoms with Crippen molar-refractivity contribution in [2.75, 3.05) is 13.2 Å². The quantitative estimate of drug-likeness (QED) is 0.0263. The fourth-order valence-corrected chi connectivity index (χ4v) is 7.27. The molecular formula is C53H96O6. The smallest absolute Gasteiger partial charge is 0.306 e. The highest BCUT2D eigenvalue weighted by Gasteiger charge is 2.19. The Kier molecular flexibility index (Phi) is 46.4. The van der Waals surface area contributed by atoms with Gasteiger partial charge in [-0.1, -0.05) is 224 Å². The number of hydrogen-bond donors (Lipinski definition) is 0. The average molecular weight is 829 g/mol. The highest BCUT2D eigenvalue weighted by Crippen LogP contribution is 2.15. The Labute approximate surface area is 365 Å². The number of unbranched alkanes of at least 4 members (excludes halogenated alkanes) is 29. The predicted octanol–water partition coefficient (Wildman–Crippen LogP) is 16.5. The Morgan fingerprint density at radius 3 is 0.949 bits per heavy atom. The van der Waals surface area contributed by atoms with Crippen molar-refractivity contribution in [3.63, 3.8) is 0 Å². The number of carbonyl (C=O) groups is 3. The van der Waals surface area contributed by atoms with Gasteiger partial charge in [0.25, 0.3) is 0 Å². The molecule has 0 aromatic heterocycles. The third-order valence-electron chi connectivity index (χ3n) is 11.1. The molecule has 59 heavy (non-hydrogen) atoms. The van der Waals surface area contributed by atoms with Crippen LogP contribution >= 0.6 is 0 Å². The summed E-state index contributed by atoms with van der Waals surface area (Å²) < 4.78 is 16.6. The van der Waals surface area contributed by atoms with E-state index >= 15 is 0 Å². The van der Waals surface area contributed by atoms with E-state index in [9.17, 15) is 14.4 Å². The van der Waals surface area contributed by atoms with Gasteiger partial charge in [0.05, 0.1) is 0 Å². The summed E-state index contributed by atoms with van der Waals surface area (Å²) in [5.41, 5.74) is 0. The minimum Gasteiger partial charge on any atom is -0.462 e. The van der Waals surface area contributed by atoms with Gasteiger partial charge < -0.3 is 14.2 Å². The summed E-state index contributed by atoms with van der Waals surface area (Å²) in [7, 11) is 0. The number of rotatable bonds is 46. The lowest BCUT2D eigenvalue weighted by Gasteiger charge is -2.18. The molecule has 1 unspecified atom stereocenters. The lowest BCUT2D eigenvalue weighted by Crippen LogP contribution is -2.30. The largest absolute Gasteiger partial charge is 0.462 e. The third kappa shape index (κ3) is 46.5. The van der Waals surface area contributed by atoms with Crippen molar-refractivity contribution in [2.24, 2.45) is 0 Å². The van der Waals surface area contributed by atoms with E-state index in [1.54, 1.807) is 0 Å². The topological polar surface area (TPSA) is 78.9 Å². The van der Waals surface area contributed by atoms with E-state index in [0.717, 1.165) is 77.0 Å². The molecule has 0 rings (SSSR count). The zero-order valence-corrected chi connectivity index (χ0v) is 39.3. The van der Waals surface area contributed by atoms with E-state index in [2.05, 4.69) is 57.2 Å². The molecule has 6 heteroatoms. The molecule has 0 fully saturated rings. The number of ether oxygens (including phenoxy) is 3. The SMILES string of the molecule is CCCCCCC/C=C\C/C=C\C/C=C\CCCCCCCCCCCCC(=O)OCC(COC(=O)CCCCCCC)OC(=O)CCCCCCCCCCCCC. The Balaban J connectivity index is 4.05. The van der Waals surface area contributed by atoms with Crippen LogP contribution in [0.3, 0.4) is 0 Å². The van der Waals surface area contributed by atoms with Crippen LogP contribution in [0.15, 0.2) is 36.5 Å². The van der Waals surface area contributed by atoms with Gasteiger partial charge in [0, 0.05) is 19.3 Å².